The van der Waals surface area contributed by atoms with Crippen LogP contribution in [0.25, 0.3) is 33.4 Å². The monoisotopic (exact) mass is 994 g/mol. The van der Waals surface area contributed by atoms with Crippen LogP contribution in [0.1, 0.15) is 89.6 Å². The lowest BCUT2D eigenvalue weighted by molar-refractivity contribution is -0.141. The van der Waals surface area contributed by atoms with Gasteiger partial charge in [0.2, 0.25) is 11.8 Å². The fraction of sp³-hybridized carbons (Fsp3) is 0.549. The van der Waals surface area contributed by atoms with Gasteiger partial charge in [-0.05, 0) is 87.8 Å². The lowest BCUT2D eigenvalue weighted by Crippen LogP contribution is -2.61. The van der Waals surface area contributed by atoms with E-state index >= 15 is 0 Å². The van der Waals surface area contributed by atoms with Crippen molar-refractivity contribution < 1.29 is 38.2 Å². The molecule has 17 nitrogen and oxygen atoms in total. The first-order chi connectivity index (χ1) is 33.4. The zero-order valence-electron chi connectivity index (χ0n) is 41.8. The Kier molecular flexibility index (Phi) is 16.7. The zero-order valence-corrected chi connectivity index (χ0v) is 43.7. The van der Waals surface area contributed by atoms with Crippen molar-refractivity contribution in [2.75, 3.05) is 60.2 Å². The number of pyridine rings is 1. The average Bonchev–Trinajstić information content (AvgIpc) is 4.08. The number of ether oxygens (including phenoxy) is 3. The number of fused-ring (bicyclic) bond motifs is 1. The summed E-state index contributed by atoms with van der Waals surface area (Å²) >= 11 is 1.42. The summed E-state index contributed by atoms with van der Waals surface area (Å²) in [6.45, 7) is 19.1. The summed E-state index contributed by atoms with van der Waals surface area (Å²) in [5, 5.41) is 8.34. The number of thiazole rings is 1. The van der Waals surface area contributed by atoms with Crippen LogP contribution in [0.15, 0.2) is 54.6 Å². The van der Waals surface area contributed by atoms with Crippen LogP contribution in [0.4, 0.5) is 9.59 Å². The number of nitrogens with zero attached hydrogens (tertiary/aromatic N) is 7. The second-order valence-electron chi connectivity index (χ2n) is 19.8. The van der Waals surface area contributed by atoms with Gasteiger partial charge in [0.05, 0.1) is 46.9 Å². The standard InChI is InChI=1S/C51H68N9O8SSi/c1-10-42(61)58-29-51(68-31-58)18-23-57(24-19-51)48(64)56(8)44(32(3)4)46(62)55-38(47(63)60-22-13-12-21-53-60)26-41-54-39(28-69-41)34-16-17-40-36(25-34)37(27-50(6,7)30-67-49(65)70)45(59(40)11-2)35-15-14-20-52-43(35)33(5)66-9/h10,14-17,20,25,28,32-33,38,44,53H,1,11-13,18-19,21-24,26-27,29-31H2,2-9H3,(H,55,62)/t33-,38-,44-/m0/s1. The van der Waals surface area contributed by atoms with Crippen molar-refractivity contribution >= 4 is 61.8 Å². The van der Waals surface area contributed by atoms with E-state index in [1.165, 1.54) is 22.3 Å². The first-order valence-electron chi connectivity index (χ1n) is 24.3. The van der Waals surface area contributed by atoms with E-state index in [4.69, 9.17) is 24.2 Å². The number of carbonyl (C=O) groups excluding carboxylic acids is 5. The minimum absolute atomic E-state index is 0.140. The molecule has 7 rings (SSSR count). The maximum Gasteiger partial charge on any atom is 0.320 e. The second kappa shape index (κ2) is 22.3. The van der Waals surface area contributed by atoms with Gasteiger partial charge in [-0.1, -0.05) is 40.3 Å². The van der Waals surface area contributed by atoms with Gasteiger partial charge in [-0.25, -0.2) is 15.2 Å². The SMILES string of the molecule is C=CC(=O)N1COC2(CCN(C(=O)N(C)[C@H](C(=O)N[C@@H](Cc3nc(-c4ccc5c(c4)c(CC(C)(C)COC(=O)[Si])c(-c4cccnc4[C@H](C)OC)n5CC)cs3)C(=O)N3CCCCN3)C(C)C)CC2)C1. The number of rotatable bonds is 17. The van der Waals surface area contributed by atoms with Crippen LogP contribution in [0.3, 0.4) is 0 Å². The number of likely N-dealkylation sites (N-methyl/N-ethyl adjacent to an activating group) is 1. The lowest BCUT2D eigenvalue weighted by atomic mass is 9.84. The summed E-state index contributed by atoms with van der Waals surface area (Å²) in [4.78, 5) is 81.8. The number of aromatic nitrogens is 3. The van der Waals surface area contributed by atoms with Crippen LogP contribution in [0.2, 0.25) is 0 Å². The zero-order chi connectivity index (χ0) is 50.5. The van der Waals surface area contributed by atoms with Crippen LogP contribution < -0.4 is 10.7 Å². The molecule has 375 valence electrons. The fourth-order valence-corrected chi connectivity index (χ4v) is 11.0. The number of hydrazine groups is 1. The van der Waals surface area contributed by atoms with Gasteiger partial charge >= 0.3 is 6.03 Å². The molecule has 5 amide bonds. The molecule has 3 aromatic heterocycles. The molecular formula is C51H68N9O8SSi. The smallest absolute Gasteiger partial charge is 0.320 e. The van der Waals surface area contributed by atoms with Gasteiger partial charge in [-0.3, -0.25) is 29.2 Å². The van der Waals surface area contributed by atoms with Crippen molar-refractivity contribution in [3.8, 4) is 22.5 Å². The highest BCUT2D eigenvalue weighted by molar-refractivity contribution is 7.10. The van der Waals surface area contributed by atoms with Crippen LogP contribution in [-0.4, -0.2) is 152 Å². The van der Waals surface area contributed by atoms with Crippen molar-refractivity contribution in [2.45, 2.75) is 110 Å². The number of piperidine rings is 1. The Morgan fingerprint density at radius 1 is 1.10 bits per heavy atom. The fourth-order valence-electron chi connectivity index (χ4n) is 10.1. The van der Waals surface area contributed by atoms with Gasteiger partial charge in [-0.15, -0.1) is 11.3 Å². The molecule has 1 spiro atoms. The molecule has 1 aromatic carbocycles. The van der Waals surface area contributed by atoms with Crippen LogP contribution in [-0.2, 0) is 48.0 Å². The van der Waals surface area contributed by atoms with Crippen molar-refractivity contribution in [1.82, 2.24) is 45.0 Å². The molecule has 6 heterocycles. The van der Waals surface area contributed by atoms with E-state index in [0.717, 1.165) is 57.5 Å². The van der Waals surface area contributed by atoms with E-state index in [0.29, 0.717) is 63.5 Å². The molecule has 3 saturated heterocycles. The van der Waals surface area contributed by atoms with Crippen molar-refractivity contribution in [3.63, 3.8) is 0 Å². The first kappa shape index (κ1) is 52.4. The highest BCUT2D eigenvalue weighted by Crippen LogP contribution is 2.42. The molecule has 3 aliphatic rings. The number of urea groups is 1. The maximum atomic E-state index is 14.5. The van der Waals surface area contributed by atoms with Gasteiger partial charge in [-0.2, -0.15) is 0 Å². The van der Waals surface area contributed by atoms with Crippen molar-refractivity contribution in [1.29, 1.82) is 0 Å². The van der Waals surface area contributed by atoms with Gasteiger partial charge in [0.1, 0.15) is 18.8 Å². The van der Waals surface area contributed by atoms with E-state index in [9.17, 15) is 24.0 Å². The maximum absolute atomic E-state index is 14.5. The number of likely N-dealkylation sites (tertiary alicyclic amines) is 1. The third-order valence-electron chi connectivity index (χ3n) is 13.8. The van der Waals surface area contributed by atoms with Crippen LogP contribution >= 0.6 is 11.3 Å². The van der Waals surface area contributed by atoms with Gasteiger partial charge in [0, 0.05) is 92.3 Å². The molecule has 0 aliphatic carbocycles. The molecule has 2 N–H and O–H groups in total. The third-order valence-corrected chi connectivity index (χ3v) is 14.9. The minimum atomic E-state index is -0.966. The Hall–Kier alpha value is -5.47. The Morgan fingerprint density at radius 3 is 2.51 bits per heavy atom. The lowest BCUT2D eigenvalue weighted by Gasteiger charge is -2.41. The Labute approximate surface area is 418 Å². The molecule has 0 bridgehead atoms. The molecule has 19 heteroatoms. The minimum Gasteiger partial charge on any atom is -0.470 e. The van der Waals surface area contributed by atoms with Gasteiger partial charge in [0.15, 0.2) is 10.2 Å². The molecule has 0 saturated carbocycles. The highest BCUT2D eigenvalue weighted by Gasteiger charge is 2.45. The number of nitrogens with one attached hydrogen (secondary N) is 2. The van der Waals surface area contributed by atoms with Gasteiger partial charge < -0.3 is 38.8 Å². The highest BCUT2D eigenvalue weighted by atomic mass is 32.1. The predicted octanol–water partition coefficient (Wildman–Crippen LogP) is 6.50. The normalized spacial score (nSPS) is 17.4. The van der Waals surface area contributed by atoms with E-state index in [1.807, 2.05) is 32.2 Å². The molecule has 3 aliphatic heterocycles. The van der Waals surface area contributed by atoms with E-state index < -0.39 is 34.6 Å². The van der Waals surface area contributed by atoms with Crippen molar-refractivity contribution in [3.05, 3.63) is 70.8 Å². The Balaban J connectivity index is 1.16. The molecule has 70 heavy (non-hydrogen) atoms. The van der Waals surface area contributed by atoms with E-state index in [-0.39, 0.29) is 49.6 Å². The molecule has 3 fully saturated rings. The summed E-state index contributed by atoms with van der Waals surface area (Å²) in [5.74, 6) is -1.16. The van der Waals surface area contributed by atoms with E-state index in [2.05, 4.69) is 77.2 Å². The third kappa shape index (κ3) is 11.5. The Morgan fingerprint density at radius 2 is 1.86 bits per heavy atom. The summed E-state index contributed by atoms with van der Waals surface area (Å²) < 4.78 is 19.7. The quantitative estimate of drug-likeness (QED) is 0.0872. The summed E-state index contributed by atoms with van der Waals surface area (Å²) in [7, 11) is 6.30. The van der Waals surface area contributed by atoms with Crippen LogP contribution in [0.5, 0.6) is 0 Å². The Bertz CT molecular complexity index is 2570. The van der Waals surface area contributed by atoms with Gasteiger partial charge in [0.25, 0.3) is 11.5 Å². The topological polar surface area (TPSA) is 181 Å². The van der Waals surface area contributed by atoms with Crippen LogP contribution in [0, 0.1) is 11.3 Å². The molecule has 0 unspecified atom stereocenters. The number of hydrogen-bond donors (Lipinski definition) is 2. The second-order valence-corrected chi connectivity index (χ2v) is 21.1. The van der Waals surface area contributed by atoms with Crippen molar-refractivity contribution in [2.24, 2.45) is 11.3 Å². The average molecular weight is 995 g/mol. The molecule has 3 radical (unpaired) electrons. The number of hydrogen-bond acceptors (Lipinski definition) is 12. The molecule has 4 aromatic rings. The number of amides is 5. The van der Waals surface area contributed by atoms with E-state index in [1.54, 1.807) is 35.2 Å². The largest absolute Gasteiger partial charge is 0.470 e. The first-order valence-corrected chi connectivity index (χ1v) is 25.7. The molecular weight excluding hydrogens is 927 g/mol. The number of aryl methyl sites for hydroxylation is 1. The summed E-state index contributed by atoms with van der Waals surface area (Å²) in [5.41, 5.74) is 8.24. The summed E-state index contributed by atoms with van der Waals surface area (Å²) in [6, 6.07) is 8.22. The number of methoxy groups -OCH3 is 1. The summed E-state index contributed by atoms with van der Waals surface area (Å²) in [6.07, 6.45) is 6.37. The number of benzene rings is 1. The predicted molar refractivity (Wildman–Crippen MR) is 270 cm³/mol. The number of carbonyl (C=O) groups is 5. The molecule has 3 atom stereocenters.